The van der Waals surface area contributed by atoms with Gasteiger partial charge < -0.3 is 31.6 Å². The zero-order valence-electron chi connectivity index (χ0n) is 17.0. The number of fused-ring (bicyclic) bond motifs is 1. The second-order valence-corrected chi connectivity index (χ2v) is 6.49. The first-order valence-corrected chi connectivity index (χ1v) is 9.61. The van der Waals surface area contributed by atoms with Crippen LogP contribution in [-0.2, 0) is 20.9 Å². The van der Waals surface area contributed by atoms with Gasteiger partial charge in [-0.2, -0.15) is 4.57 Å². The van der Waals surface area contributed by atoms with Crippen LogP contribution in [0.25, 0.3) is 11.0 Å². The number of Topliss-reactive ketones (excluding diaryl/α,β-unsaturated/α-hetero) is 1. The van der Waals surface area contributed by atoms with Crippen LogP contribution in [0.5, 0.6) is 5.95 Å². The van der Waals surface area contributed by atoms with Crippen molar-refractivity contribution < 1.29 is 45.2 Å². The summed E-state index contributed by atoms with van der Waals surface area (Å²) in [5.74, 6) is -0.754. The van der Waals surface area contributed by atoms with Crippen LogP contribution in [0.1, 0.15) is 23.7 Å². The zero-order chi connectivity index (χ0) is 21.3. The highest BCUT2D eigenvalue weighted by Crippen LogP contribution is 2.24. The number of pyridine rings is 1. The number of halogens is 1. The molecule has 31 heavy (non-hydrogen) atoms. The third-order valence-electron chi connectivity index (χ3n) is 4.16. The molecule has 0 aliphatic carbocycles. The maximum absolute atomic E-state index is 12.3. The third kappa shape index (κ3) is 7.11. The number of ketones is 1. The molecule has 0 fully saturated rings. The van der Waals surface area contributed by atoms with Crippen molar-refractivity contribution in [1.29, 1.82) is 0 Å². The van der Waals surface area contributed by atoms with Crippen molar-refractivity contribution in [3.63, 3.8) is 0 Å². The van der Waals surface area contributed by atoms with E-state index in [0.29, 0.717) is 11.5 Å². The molecule has 164 valence electrons. The summed E-state index contributed by atoms with van der Waals surface area (Å²) in [4.78, 5) is 35.7. The largest absolute Gasteiger partial charge is 1.00 e. The Kier molecular flexibility index (Phi) is 9.02. The first kappa shape index (κ1) is 23.9. The molecule has 8 nitrogen and oxygen atoms in total. The number of para-hydroxylation sites is 1. The molecule has 0 radical (unpaired) electrons. The van der Waals surface area contributed by atoms with Crippen molar-refractivity contribution >= 4 is 28.6 Å². The molecule has 0 aliphatic heterocycles. The van der Waals surface area contributed by atoms with E-state index in [4.69, 9.17) is 13.9 Å². The molecule has 1 amide bonds. The first-order valence-electron chi connectivity index (χ1n) is 9.61. The molecule has 0 saturated carbocycles. The SMILES string of the molecule is CCOC(=O)CC(=O)C[n+]1cccc(C(=O)NCCOc2cc3ccccc3o2)c1.[Cl-]. The minimum absolute atomic E-state index is 0. The van der Waals surface area contributed by atoms with E-state index in [1.807, 2.05) is 24.3 Å². The molecule has 0 bridgehead atoms. The fraction of sp³-hybridized carbons (Fsp3) is 0.273. The fourth-order valence-corrected chi connectivity index (χ4v) is 2.83. The summed E-state index contributed by atoms with van der Waals surface area (Å²) >= 11 is 0. The van der Waals surface area contributed by atoms with Crippen LogP contribution in [0.4, 0.5) is 0 Å². The monoisotopic (exact) mass is 446 g/mol. The van der Waals surface area contributed by atoms with Gasteiger partial charge in [-0.25, -0.2) is 0 Å². The number of carbonyl (C=O) groups excluding carboxylic acids is 3. The van der Waals surface area contributed by atoms with E-state index >= 15 is 0 Å². The number of benzene rings is 1. The van der Waals surface area contributed by atoms with Crippen LogP contribution >= 0.6 is 0 Å². The highest BCUT2D eigenvalue weighted by Gasteiger charge is 2.17. The van der Waals surface area contributed by atoms with Crippen molar-refractivity contribution in [2.24, 2.45) is 0 Å². The first-order chi connectivity index (χ1) is 14.5. The lowest BCUT2D eigenvalue weighted by molar-refractivity contribution is -0.684. The van der Waals surface area contributed by atoms with E-state index in [0.717, 1.165) is 11.0 Å². The molecule has 0 aliphatic rings. The highest BCUT2D eigenvalue weighted by atomic mass is 35.5. The molecule has 3 rings (SSSR count). The number of hydrogen-bond acceptors (Lipinski definition) is 6. The number of ether oxygens (including phenoxy) is 2. The summed E-state index contributed by atoms with van der Waals surface area (Å²) in [5.41, 5.74) is 1.13. The maximum atomic E-state index is 12.3. The summed E-state index contributed by atoms with van der Waals surface area (Å²) in [6.45, 7) is 2.42. The predicted octanol–water partition coefficient (Wildman–Crippen LogP) is -0.945. The van der Waals surface area contributed by atoms with E-state index in [-0.39, 0.29) is 56.8 Å². The Hall–Kier alpha value is -3.39. The van der Waals surface area contributed by atoms with Crippen molar-refractivity contribution in [3.8, 4) is 5.95 Å². The highest BCUT2D eigenvalue weighted by molar-refractivity contribution is 5.95. The Morgan fingerprint density at radius 2 is 1.94 bits per heavy atom. The Labute approximate surface area is 185 Å². The molecule has 1 aromatic carbocycles. The predicted molar refractivity (Wildman–Crippen MR) is 107 cm³/mol. The van der Waals surface area contributed by atoms with E-state index in [9.17, 15) is 14.4 Å². The Morgan fingerprint density at radius 1 is 1.13 bits per heavy atom. The number of furan rings is 1. The number of nitrogens with zero attached hydrogens (tertiary/aromatic N) is 1. The van der Waals surface area contributed by atoms with Crippen LogP contribution in [0, 0.1) is 0 Å². The number of nitrogens with one attached hydrogen (secondary N) is 1. The average molecular weight is 447 g/mol. The topological polar surface area (TPSA) is 98.7 Å². The molecule has 1 N–H and O–H groups in total. The van der Waals surface area contributed by atoms with E-state index in [1.54, 1.807) is 42.1 Å². The fourth-order valence-electron chi connectivity index (χ4n) is 2.83. The molecule has 2 aromatic heterocycles. The quantitative estimate of drug-likeness (QED) is 0.187. The smallest absolute Gasteiger partial charge is 0.313 e. The van der Waals surface area contributed by atoms with Gasteiger partial charge in [0.1, 0.15) is 24.2 Å². The van der Waals surface area contributed by atoms with Gasteiger partial charge in [0.2, 0.25) is 12.3 Å². The lowest BCUT2D eigenvalue weighted by Crippen LogP contribution is -3.00. The molecule has 3 aromatic rings. The third-order valence-corrected chi connectivity index (χ3v) is 4.16. The van der Waals surface area contributed by atoms with Gasteiger partial charge in [0.25, 0.3) is 11.9 Å². The number of rotatable bonds is 10. The minimum Gasteiger partial charge on any atom is -1.00 e. The summed E-state index contributed by atoms with van der Waals surface area (Å²) in [5, 5.41) is 3.70. The van der Waals surface area contributed by atoms with Crippen molar-refractivity contribution in [1.82, 2.24) is 5.32 Å². The van der Waals surface area contributed by atoms with Gasteiger partial charge in [0, 0.05) is 17.5 Å². The Bertz CT molecular complexity index is 1020. The van der Waals surface area contributed by atoms with Crippen LogP contribution in [0.2, 0.25) is 0 Å². The van der Waals surface area contributed by atoms with Gasteiger partial charge >= 0.3 is 5.97 Å². The molecule has 0 unspecified atom stereocenters. The molecular weight excluding hydrogens is 424 g/mol. The van der Waals surface area contributed by atoms with Gasteiger partial charge in [-0.1, -0.05) is 18.2 Å². The van der Waals surface area contributed by atoms with Gasteiger partial charge in [-0.3, -0.25) is 14.4 Å². The second-order valence-electron chi connectivity index (χ2n) is 6.49. The maximum Gasteiger partial charge on any atom is 0.313 e. The summed E-state index contributed by atoms with van der Waals surface area (Å²) < 4.78 is 17.4. The molecule has 9 heteroatoms. The molecule has 0 saturated heterocycles. The van der Waals surface area contributed by atoms with Crippen LogP contribution in [0.15, 0.2) is 59.3 Å². The van der Waals surface area contributed by atoms with E-state index < -0.39 is 5.97 Å². The van der Waals surface area contributed by atoms with E-state index in [1.165, 1.54) is 0 Å². The van der Waals surface area contributed by atoms with E-state index in [2.05, 4.69) is 5.32 Å². The normalized spacial score (nSPS) is 10.2. The average Bonchev–Trinajstić information content (AvgIpc) is 3.14. The molecular formula is C22H23ClN2O6. The Morgan fingerprint density at radius 3 is 2.71 bits per heavy atom. The summed E-state index contributed by atoms with van der Waals surface area (Å²) in [6, 6.07) is 12.7. The zero-order valence-corrected chi connectivity index (χ0v) is 17.8. The summed E-state index contributed by atoms with van der Waals surface area (Å²) in [6.07, 6.45) is 2.92. The van der Waals surface area contributed by atoms with Crippen LogP contribution < -0.4 is 27.0 Å². The van der Waals surface area contributed by atoms with Gasteiger partial charge in [-0.05, 0) is 19.1 Å². The lowest BCUT2D eigenvalue weighted by Gasteiger charge is -2.05. The lowest BCUT2D eigenvalue weighted by atomic mass is 10.2. The standard InChI is InChI=1S/C22H22N2O6.ClH/c1-2-28-20(26)13-18(25)15-24-10-5-7-17(14-24)22(27)23-9-11-29-21-12-16-6-3-4-8-19(16)30-21;/h3-8,10,12,14H,2,9,11,13,15H2,1H3;1H. The van der Waals surface area contributed by atoms with Crippen molar-refractivity contribution in [3.05, 3.63) is 60.4 Å². The molecule has 2 heterocycles. The molecule has 0 atom stereocenters. The number of carbonyl (C=O) groups is 3. The van der Waals surface area contributed by atoms with Crippen LogP contribution in [0.3, 0.4) is 0 Å². The van der Waals surface area contributed by atoms with Gasteiger partial charge in [0.15, 0.2) is 12.4 Å². The van der Waals surface area contributed by atoms with Gasteiger partial charge in [0.05, 0.1) is 13.2 Å². The second kappa shape index (κ2) is 11.7. The van der Waals surface area contributed by atoms with Crippen LogP contribution in [-0.4, -0.2) is 37.4 Å². The minimum atomic E-state index is -0.554. The molecule has 0 spiro atoms. The van der Waals surface area contributed by atoms with Crippen molar-refractivity contribution in [2.45, 2.75) is 19.9 Å². The van der Waals surface area contributed by atoms with Crippen molar-refractivity contribution in [2.75, 3.05) is 19.8 Å². The summed E-state index contributed by atoms with van der Waals surface area (Å²) in [7, 11) is 0. The number of aromatic nitrogens is 1. The number of hydrogen-bond donors (Lipinski definition) is 1. The van der Waals surface area contributed by atoms with Gasteiger partial charge in [-0.15, -0.1) is 0 Å². The number of amides is 1. The Balaban J connectivity index is 0.00000341. The number of esters is 1.